The third-order valence-electron chi connectivity index (χ3n) is 2.11. The van der Waals surface area contributed by atoms with E-state index in [-0.39, 0.29) is 6.03 Å². The maximum Gasteiger partial charge on any atom is 0.323 e. The van der Waals surface area contributed by atoms with Crippen molar-refractivity contribution < 1.29 is 4.79 Å². The fraction of sp³-hybridized carbons (Fsp3) is 0.111. The molecule has 2 amide bonds. The third-order valence-corrected chi connectivity index (χ3v) is 2.11. The molecule has 70 valence electrons. The van der Waals surface area contributed by atoms with Crippen LogP contribution in [0, 0.1) is 11.3 Å². The van der Waals surface area contributed by atoms with Crippen molar-refractivity contribution in [2.24, 2.45) is 0 Å². The number of fused-ring (bicyclic) bond motifs is 1. The lowest BCUT2D eigenvalue weighted by Crippen LogP contribution is -2.41. The summed E-state index contributed by atoms with van der Waals surface area (Å²) in [7, 11) is 1.77. The third kappa shape index (κ3) is 1.13. The average molecular weight is 188 g/mol. The number of nitrogens with one attached hydrogen (secondary N) is 2. The van der Waals surface area contributed by atoms with E-state index < -0.39 is 0 Å². The number of rotatable bonds is 0. The Labute approximate surface area is 81.0 Å². The molecule has 0 atom stereocenters. The minimum atomic E-state index is -0.262. The maximum atomic E-state index is 11.0. The molecule has 0 aromatic heterocycles. The fourth-order valence-corrected chi connectivity index (χ4v) is 1.35. The summed E-state index contributed by atoms with van der Waals surface area (Å²) in [5.74, 6) is 0. The molecule has 2 N–H and O–H groups in total. The molecule has 14 heavy (non-hydrogen) atoms. The van der Waals surface area contributed by atoms with Crippen LogP contribution < -0.4 is 10.6 Å². The quantitative estimate of drug-likeness (QED) is 0.577. The van der Waals surface area contributed by atoms with Gasteiger partial charge in [0.15, 0.2) is 0 Å². The number of amides is 2. The van der Waals surface area contributed by atoms with Crippen molar-refractivity contribution in [1.29, 1.82) is 5.26 Å². The highest BCUT2D eigenvalue weighted by Gasteiger charge is 2.22. The molecule has 5 nitrogen and oxygen atoms in total. The van der Waals surface area contributed by atoms with Gasteiger partial charge in [0.1, 0.15) is 11.8 Å². The molecular formula is C9H8N4O. The topological polar surface area (TPSA) is 68.2 Å². The first-order valence-electron chi connectivity index (χ1n) is 4.06. The van der Waals surface area contributed by atoms with Crippen molar-refractivity contribution in [3.63, 3.8) is 0 Å². The van der Waals surface area contributed by atoms with Crippen LogP contribution in [0.15, 0.2) is 35.4 Å². The van der Waals surface area contributed by atoms with Crippen LogP contribution in [0.5, 0.6) is 0 Å². The van der Waals surface area contributed by atoms with Crippen molar-refractivity contribution in [3.8, 4) is 6.07 Å². The molecular weight excluding hydrogens is 180 g/mol. The maximum absolute atomic E-state index is 11.0. The summed E-state index contributed by atoms with van der Waals surface area (Å²) >= 11 is 0. The molecule has 0 radical (unpaired) electrons. The van der Waals surface area contributed by atoms with E-state index in [1.54, 1.807) is 30.3 Å². The van der Waals surface area contributed by atoms with E-state index in [2.05, 4.69) is 16.7 Å². The summed E-state index contributed by atoms with van der Waals surface area (Å²) in [6.07, 6.45) is 4.95. The Morgan fingerprint density at radius 3 is 3.00 bits per heavy atom. The van der Waals surface area contributed by atoms with Gasteiger partial charge in [-0.05, 0) is 12.2 Å². The summed E-state index contributed by atoms with van der Waals surface area (Å²) in [5, 5.41) is 13.9. The highest BCUT2D eigenvalue weighted by molar-refractivity contribution is 5.80. The molecule has 5 heteroatoms. The van der Waals surface area contributed by atoms with Gasteiger partial charge in [0.05, 0.1) is 11.4 Å². The summed E-state index contributed by atoms with van der Waals surface area (Å²) < 4.78 is 0. The first-order valence-corrected chi connectivity index (χ1v) is 4.06. The van der Waals surface area contributed by atoms with Crippen LogP contribution in [0.2, 0.25) is 0 Å². The van der Waals surface area contributed by atoms with Crippen molar-refractivity contribution in [2.45, 2.75) is 0 Å². The molecule has 0 fully saturated rings. The molecule has 2 rings (SSSR count). The van der Waals surface area contributed by atoms with E-state index in [4.69, 9.17) is 5.26 Å². The Kier molecular flexibility index (Phi) is 1.75. The van der Waals surface area contributed by atoms with Crippen molar-refractivity contribution in [2.75, 3.05) is 7.05 Å². The van der Waals surface area contributed by atoms with Crippen LogP contribution >= 0.6 is 0 Å². The monoisotopic (exact) mass is 188 g/mol. The van der Waals surface area contributed by atoms with Gasteiger partial charge >= 0.3 is 6.03 Å². The van der Waals surface area contributed by atoms with E-state index in [1.807, 2.05) is 0 Å². The summed E-state index contributed by atoms with van der Waals surface area (Å²) in [5.41, 5.74) is 2.02. The number of carbonyl (C=O) groups excluding carboxylic acids is 1. The van der Waals surface area contributed by atoms with Crippen LogP contribution in [-0.2, 0) is 0 Å². The van der Waals surface area contributed by atoms with Crippen LogP contribution in [0.3, 0.4) is 0 Å². The Morgan fingerprint density at radius 1 is 1.50 bits per heavy atom. The number of allylic oxidation sites excluding steroid dienone is 3. The fourth-order valence-electron chi connectivity index (χ4n) is 1.35. The molecule has 0 saturated heterocycles. The molecule has 0 unspecified atom stereocenters. The average Bonchev–Trinajstić information content (AvgIpc) is 2.18. The Bertz CT molecular complexity index is 425. The first-order chi connectivity index (χ1) is 6.72. The van der Waals surface area contributed by atoms with Crippen LogP contribution in [0.4, 0.5) is 4.79 Å². The van der Waals surface area contributed by atoms with E-state index in [0.717, 1.165) is 5.70 Å². The standard InChI is InChI=1S/C9H8N4O/c1-13-6(4-10)2-3-7-8(13)5-11-9(14)12-7/h2-3,5H,1H3,(H2,11,12,14). The zero-order chi connectivity index (χ0) is 10.1. The van der Waals surface area contributed by atoms with Crippen molar-refractivity contribution in [3.05, 3.63) is 35.4 Å². The predicted molar refractivity (Wildman–Crippen MR) is 49.3 cm³/mol. The second-order valence-corrected chi connectivity index (χ2v) is 2.93. The van der Waals surface area contributed by atoms with Gasteiger partial charge in [-0.2, -0.15) is 5.26 Å². The van der Waals surface area contributed by atoms with Gasteiger partial charge in [0.2, 0.25) is 0 Å². The van der Waals surface area contributed by atoms with Gasteiger partial charge in [-0.1, -0.05) is 0 Å². The van der Waals surface area contributed by atoms with Crippen molar-refractivity contribution in [1.82, 2.24) is 15.5 Å². The zero-order valence-corrected chi connectivity index (χ0v) is 7.53. The number of carbonyl (C=O) groups is 1. The lowest BCUT2D eigenvalue weighted by Gasteiger charge is -2.29. The normalized spacial score (nSPS) is 19.3. The molecule has 0 saturated carbocycles. The Morgan fingerprint density at radius 2 is 2.29 bits per heavy atom. The first kappa shape index (κ1) is 8.38. The zero-order valence-electron chi connectivity index (χ0n) is 7.53. The summed E-state index contributed by atoms with van der Waals surface area (Å²) in [4.78, 5) is 12.7. The highest BCUT2D eigenvalue weighted by Crippen LogP contribution is 2.22. The molecule has 2 heterocycles. The van der Waals surface area contributed by atoms with Gasteiger partial charge in [0, 0.05) is 13.2 Å². The molecule has 0 bridgehead atoms. The second kappa shape index (κ2) is 2.92. The number of nitrogens with zero attached hydrogens (tertiary/aromatic N) is 2. The number of nitriles is 1. The largest absolute Gasteiger partial charge is 0.333 e. The number of likely N-dealkylation sites (N-methyl/N-ethyl adjacent to an activating group) is 1. The molecule has 0 aliphatic carbocycles. The van der Waals surface area contributed by atoms with Crippen molar-refractivity contribution >= 4 is 6.03 Å². The van der Waals surface area contributed by atoms with Crippen LogP contribution in [0.1, 0.15) is 0 Å². The SMILES string of the molecule is CN1C(C#N)=CC=C2NC(=O)NC=C21. The lowest BCUT2D eigenvalue weighted by atomic mass is 10.1. The summed E-state index contributed by atoms with van der Waals surface area (Å²) in [6, 6.07) is 1.80. The van der Waals surface area contributed by atoms with E-state index >= 15 is 0 Å². The second-order valence-electron chi connectivity index (χ2n) is 2.93. The molecule has 0 aromatic rings. The van der Waals surface area contributed by atoms with E-state index in [9.17, 15) is 4.79 Å². The van der Waals surface area contributed by atoms with Gasteiger partial charge < -0.3 is 15.5 Å². The van der Waals surface area contributed by atoms with Crippen LogP contribution in [-0.4, -0.2) is 18.0 Å². The van der Waals surface area contributed by atoms with E-state index in [0.29, 0.717) is 11.4 Å². The summed E-state index contributed by atoms with van der Waals surface area (Å²) in [6.45, 7) is 0. The molecule has 0 spiro atoms. The molecule has 2 aliphatic rings. The Hall–Kier alpha value is -2.22. The van der Waals surface area contributed by atoms with Gasteiger partial charge in [-0.25, -0.2) is 4.79 Å². The number of hydrogen-bond acceptors (Lipinski definition) is 3. The number of hydrogen-bond donors (Lipinski definition) is 2. The minimum Gasteiger partial charge on any atom is -0.333 e. The predicted octanol–water partition coefficient (Wildman–Crippen LogP) is 0.377. The lowest BCUT2D eigenvalue weighted by molar-refractivity contribution is 0.244. The highest BCUT2D eigenvalue weighted by atomic mass is 16.2. The van der Waals surface area contributed by atoms with Crippen LogP contribution in [0.25, 0.3) is 0 Å². The van der Waals surface area contributed by atoms with Gasteiger partial charge in [-0.3, -0.25) is 0 Å². The van der Waals surface area contributed by atoms with Gasteiger partial charge in [0.25, 0.3) is 0 Å². The minimum absolute atomic E-state index is 0.262. The molecule has 2 aliphatic heterocycles. The smallest absolute Gasteiger partial charge is 0.323 e. The Balaban J connectivity index is 2.43. The van der Waals surface area contributed by atoms with E-state index in [1.165, 1.54) is 0 Å². The number of urea groups is 1. The molecule has 0 aromatic carbocycles. The van der Waals surface area contributed by atoms with Gasteiger partial charge in [-0.15, -0.1) is 0 Å².